The van der Waals surface area contributed by atoms with Crippen molar-refractivity contribution in [1.29, 1.82) is 0 Å². The smallest absolute Gasteiger partial charge is 0.188 e. The van der Waals surface area contributed by atoms with E-state index in [1.54, 1.807) is 6.08 Å². The van der Waals surface area contributed by atoms with Gasteiger partial charge in [-0.25, -0.2) is 0 Å². The van der Waals surface area contributed by atoms with Crippen molar-refractivity contribution in [2.24, 2.45) is 0 Å². The van der Waals surface area contributed by atoms with E-state index in [1.165, 1.54) is 38.2 Å². The van der Waals surface area contributed by atoms with Gasteiger partial charge < -0.3 is 5.11 Å². The summed E-state index contributed by atoms with van der Waals surface area (Å²) in [7, 11) is 0. The van der Waals surface area contributed by atoms with Gasteiger partial charge in [-0.15, -0.1) is 0 Å². The van der Waals surface area contributed by atoms with E-state index in [1.807, 2.05) is 6.08 Å². The highest BCUT2D eigenvalue weighted by molar-refractivity contribution is 5.96. The minimum absolute atomic E-state index is 0.202. The van der Waals surface area contributed by atoms with Crippen molar-refractivity contribution in [3.8, 4) is 0 Å². The molecule has 2 heteroatoms. The third-order valence-electron chi connectivity index (χ3n) is 2.94. The van der Waals surface area contributed by atoms with Crippen LogP contribution in [0.4, 0.5) is 0 Å². The molecule has 90 valence electrons. The average Bonchev–Trinajstić information content (AvgIpc) is 2.28. The van der Waals surface area contributed by atoms with Crippen molar-refractivity contribution in [3.05, 3.63) is 23.8 Å². The van der Waals surface area contributed by atoms with Crippen molar-refractivity contribution >= 4 is 5.78 Å². The van der Waals surface area contributed by atoms with E-state index in [-0.39, 0.29) is 5.78 Å². The molecular formula is C14H22O2. The van der Waals surface area contributed by atoms with Crippen LogP contribution in [0.2, 0.25) is 0 Å². The van der Waals surface area contributed by atoms with Crippen LogP contribution in [0, 0.1) is 0 Å². The summed E-state index contributed by atoms with van der Waals surface area (Å²) in [5.41, 5.74) is 1.10. The number of ketones is 1. The molecule has 0 amide bonds. The Morgan fingerprint density at radius 2 is 1.81 bits per heavy atom. The third-order valence-corrected chi connectivity index (χ3v) is 2.94. The van der Waals surface area contributed by atoms with Gasteiger partial charge in [0.2, 0.25) is 0 Å². The summed E-state index contributed by atoms with van der Waals surface area (Å²) in [5.74, 6) is -0.202. The number of rotatable bonds is 7. The SMILES string of the molecule is CCCCCCCCC1=CC(O)C(=O)C=C1. The van der Waals surface area contributed by atoms with Crippen LogP contribution < -0.4 is 0 Å². The molecule has 0 spiro atoms. The maximum Gasteiger partial charge on any atom is 0.188 e. The van der Waals surface area contributed by atoms with Crippen molar-refractivity contribution in [2.75, 3.05) is 0 Å². The molecule has 0 saturated carbocycles. The van der Waals surface area contributed by atoms with Gasteiger partial charge in [0.25, 0.3) is 0 Å². The monoisotopic (exact) mass is 222 g/mol. The Kier molecular flexibility index (Phi) is 6.09. The molecule has 0 aromatic heterocycles. The summed E-state index contributed by atoms with van der Waals surface area (Å²) in [6.45, 7) is 2.22. The molecular weight excluding hydrogens is 200 g/mol. The zero-order valence-electron chi connectivity index (χ0n) is 10.1. The highest BCUT2D eigenvalue weighted by atomic mass is 16.3. The summed E-state index contributed by atoms with van der Waals surface area (Å²) in [5, 5.41) is 9.34. The van der Waals surface area contributed by atoms with Crippen LogP contribution in [-0.4, -0.2) is 17.0 Å². The number of hydrogen-bond donors (Lipinski definition) is 1. The zero-order chi connectivity index (χ0) is 11.8. The fourth-order valence-electron chi connectivity index (χ4n) is 1.90. The lowest BCUT2D eigenvalue weighted by Gasteiger charge is -2.10. The summed E-state index contributed by atoms with van der Waals surface area (Å²) in [6, 6.07) is 0. The van der Waals surface area contributed by atoms with Crippen molar-refractivity contribution in [2.45, 2.75) is 58.0 Å². The van der Waals surface area contributed by atoms with E-state index in [4.69, 9.17) is 0 Å². The average molecular weight is 222 g/mol. The molecule has 1 N–H and O–H groups in total. The van der Waals surface area contributed by atoms with E-state index in [9.17, 15) is 9.90 Å². The van der Waals surface area contributed by atoms with E-state index < -0.39 is 6.10 Å². The largest absolute Gasteiger partial charge is 0.381 e. The lowest BCUT2D eigenvalue weighted by Crippen LogP contribution is -2.18. The molecule has 1 atom stereocenters. The molecule has 0 aromatic rings. The van der Waals surface area contributed by atoms with Gasteiger partial charge >= 0.3 is 0 Å². The Bertz CT molecular complexity index is 276. The van der Waals surface area contributed by atoms with Gasteiger partial charge in [-0.05, 0) is 30.6 Å². The molecule has 2 nitrogen and oxygen atoms in total. The van der Waals surface area contributed by atoms with Crippen LogP contribution in [0.5, 0.6) is 0 Å². The van der Waals surface area contributed by atoms with Crippen LogP contribution in [0.3, 0.4) is 0 Å². The van der Waals surface area contributed by atoms with Gasteiger partial charge in [0.1, 0.15) is 6.10 Å². The second-order valence-electron chi connectivity index (χ2n) is 4.44. The predicted octanol–water partition coefficient (Wildman–Crippen LogP) is 3.16. The second-order valence-corrected chi connectivity index (χ2v) is 4.44. The molecule has 0 bridgehead atoms. The van der Waals surface area contributed by atoms with Crippen LogP contribution in [0.1, 0.15) is 51.9 Å². The van der Waals surface area contributed by atoms with Gasteiger partial charge in [-0.3, -0.25) is 4.79 Å². The number of allylic oxidation sites excluding steroid dienone is 2. The Morgan fingerprint density at radius 1 is 1.12 bits per heavy atom. The number of carbonyl (C=O) groups is 1. The standard InChI is InChI=1S/C14H22O2/c1-2-3-4-5-6-7-8-12-9-10-13(15)14(16)11-12/h9-11,14,16H,2-8H2,1H3. The van der Waals surface area contributed by atoms with Crippen molar-refractivity contribution in [1.82, 2.24) is 0 Å². The minimum Gasteiger partial charge on any atom is -0.381 e. The number of aliphatic hydroxyl groups excluding tert-OH is 1. The minimum atomic E-state index is -0.903. The summed E-state index contributed by atoms with van der Waals surface area (Å²) >= 11 is 0. The van der Waals surface area contributed by atoms with Crippen molar-refractivity contribution in [3.63, 3.8) is 0 Å². The highest BCUT2D eigenvalue weighted by Crippen LogP contribution is 2.16. The van der Waals surface area contributed by atoms with Gasteiger partial charge in [-0.1, -0.05) is 45.1 Å². The van der Waals surface area contributed by atoms with Crippen LogP contribution in [-0.2, 0) is 4.79 Å². The normalized spacial score (nSPS) is 20.0. The zero-order valence-corrected chi connectivity index (χ0v) is 10.1. The van der Waals surface area contributed by atoms with Crippen LogP contribution >= 0.6 is 0 Å². The fourth-order valence-corrected chi connectivity index (χ4v) is 1.90. The van der Waals surface area contributed by atoms with E-state index in [0.29, 0.717) is 0 Å². The number of unbranched alkanes of at least 4 members (excludes halogenated alkanes) is 5. The molecule has 1 aliphatic rings. The molecule has 0 aromatic carbocycles. The van der Waals surface area contributed by atoms with Gasteiger partial charge in [-0.2, -0.15) is 0 Å². The van der Waals surface area contributed by atoms with E-state index in [0.717, 1.165) is 18.4 Å². The van der Waals surface area contributed by atoms with Gasteiger partial charge in [0, 0.05) is 0 Å². The van der Waals surface area contributed by atoms with E-state index >= 15 is 0 Å². The Balaban J connectivity index is 2.12. The Morgan fingerprint density at radius 3 is 2.50 bits per heavy atom. The number of carbonyl (C=O) groups excluding carboxylic acids is 1. The van der Waals surface area contributed by atoms with Gasteiger partial charge in [0.05, 0.1) is 0 Å². The first-order chi connectivity index (χ1) is 7.74. The Labute approximate surface area is 98.1 Å². The molecule has 1 aliphatic carbocycles. The van der Waals surface area contributed by atoms with Crippen molar-refractivity contribution < 1.29 is 9.90 Å². The fraction of sp³-hybridized carbons (Fsp3) is 0.643. The van der Waals surface area contributed by atoms with Crippen LogP contribution in [0.25, 0.3) is 0 Å². The summed E-state index contributed by atoms with van der Waals surface area (Å²) in [4.78, 5) is 11.0. The molecule has 0 radical (unpaired) electrons. The molecule has 0 heterocycles. The predicted molar refractivity (Wildman–Crippen MR) is 66.2 cm³/mol. The number of aliphatic hydroxyl groups is 1. The molecule has 1 rings (SSSR count). The lowest BCUT2D eigenvalue weighted by atomic mass is 9.98. The van der Waals surface area contributed by atoms with E-state index in [2.05, 4.69) is 6.92 Å². The number of hydrogen-bond acceptors (Lipinski definition) is 2. The highest BCUT2D eigenvalue weighted by Gasteiger charge is 2.13. The van der Waals surface area contributed by atoms with Gasteiger partial charge in [0.15, 0.2) is 5.78 Å². The maximum atomic E-state index is 11.0. The molecule has 1 unspecified atom stereocenters. The first-order valence-corrected chi connectivity index (χ1v) is 6.34. The molecule has 16 heavy (non-hydrogen) atoms. The lowest BCUT2D eigenvalue weighted by molar-refractivity contribution is -0.120. The maximum absolute atomic E-state index is 11.0. The topological polar surface area (TPSA) is 37.3 Å². The Hall–Kier alpha value is -0.890. The summed E-state index contributed by atoms with van der Waals surface area (Å²) in [6.07, 6.45) is 12.7. The first kappa shape index (κ1) is 13.2. The first-order valence-electron chi connectivity index (χ1n) is 6.34. The third kappa shape index (κ3) is 4.75. The molecule has 0 aliphatic heterocycles. The second kappa shape index (κ2) is 7.39. The molecule has 0 fully saturated rings. The summed E-state index contributed by atoms with van der Waals surface area (Å²) < 4.78 is 0. The molecule has 0 saturated heterocycles. The quantitative estimate of drug-likeness (QED) is 0.672. The van der Waals surface area contributed by atoms with Crippen LogP contribution in [0.15, 0.2) is 23.8 Å².